The van der Waals surface area contributed by atoms with Gasteiger partial charge in [0.2, 0.25) is 21.8 Å². The first-order valence-corrected chi connectivity index (χ1v) is 13.6. The lowest BCUT2D eigenvalue weighted by molar-refractivity contribution is -0.140. The summed E-state index contributed by atoms with van der Waals surface area (Å²) in [5.74, 6) is -0.105. The van der Waals surface area contributed by atoms with E-state index in [0.29, 0.717) is 11.4 Å². The highest BCUT2D eigenvalue weighted by molar-refractivity contribution is 9.10. The Labute approximate surface area is 214 Å². The first-order chi connectivity index (χ1) is 16.0. The number of carbonyl (C=O) groups is 2. The predicted octanol–water partition coefficient (Wildman–Crippen LogP) is 3.82. The molecule has 186 valence electrons. The number of hydrogen-bond donors (Lipinski definition) is 1. The summed E-state index contributed by atoms with van der Waals surface area (Å²) in [6.45, 7) is 1.99. The number of rotatable bonds is 11. The number of benzene rings is 2. The fourth-order valence-electron chi connectivity index (χ4n) is 3.44. The van der Waals surface area contributed by atoms with Gasteiger partial charge in [0.15, 0.2) is 0 Å². The van der Waals surface area contributed by atoms with Crippen LogP contribution in [0.15, 0.2) is 46.9 Å². The standard InChI is InChI=1S/C23H29BrClN3O5S/c1-16(23(30)26-2)27(15-17-7-5-8-18(24)13-17)22(29)9-6-12-28(34(4,31)32)19-10-11-21(33-3)20(25)14-19/h5,7-8,10-11,13-14,16H,6,9,12,15H2,1-4H3,(H,26,30)/t16-/m0/s1. The van der Waals surface area contributed by atoms with Crippen LogP contribution in [0.5, 0.6) is 5.75 Å². The van der Waals surface area contributed by atoms with Crippen molar-refractivity contribution in [3.63, 3.8) is 0 Å². The van der Waals surface area contributed by atoms with E-state index in [4.69, 9.17) is 16.3 Å². The second-order valence-corrected chi connectivity index (χ2v) is 10.9. The lowest BCUT2D eigenvalue weighted by Crippen LogP contribution is -2.46. The van der Waals surface area contributed by atoms with Gasteiger partial charge >= 0.3 is 0 Å². The summed E-state index contributed by atoms with van der Waals surface area (Å²) in [7, 11) is -0.629. The van der Waals surface area contributed by atoms with Crippen molar-refractivity contribution in [1.29, 1.82) is 0 Å². The van der Waals surface area contributed by atoms with Crippen LogP contribution in [0.4, 0.5) is 5.69 Å². The highest BCUT2D eigenvalue weighted by atomic mass is 79.9. The van der Waals surface area contributed by atoms with Crippen molar-refractivity contribution in [1.82, 2.24) is 10.2 Å². The molecule has 0 fully saturated rings. The minimum atomic E-state index is -3.62. The van der Waals surface area contributed by atoms with E-state index in [1.807, 2.05) is 24.3 Å². The third-order valence-corrected chi connectivity index (χ3v) is 7.21. The molecule has 0 bridgehead atoms. The molecule has 2 rings (SSSR count). The molecule has 0 unspecified atom stereocenters. The van der Waals surface area contributed by atoms with Crippen molar-refractivity contribution in [3.8, 4) is 5.75 Å². The number of sulfonamides is 1. The number of ether oxygens (including phenoxy) is 1. The number of carbonyl (C=O) groups excluding carboxylic acids is 2. The SMILES string of the molecule is CNC(=O)[C@H](C)N(Cc1cccc(Br)c1)C(=O)CCCN(c1ccc(OC)c(Cl)c1)S(C)(=O)=O. The van der Waals surface area contributed by atoms with Gasteiger partial charge in [0.05, 0.1) is 24.1 Å². The van der Waals surface area contributed by atoms with Gasteiger partial charge in [-0.05, 0) is 49.2 Å². The van der Waals surface area contributed by atoms with Gasteiger partial charge in [0.25, 0.3) is 0 Å². The second kappa shape index (κ2) is 12.4. The molecule has 2 amide bonds. The Kier molecular flexibility index (Phi) is 10.2. The summed E-state index contributed by atoms with van der Waals surface area (Å²) in [4.78, 5) is 26.9. The third-order valence-electron chi connectivity index (χ3n) is 5.23. The molecule has 1 atom stereocenters. The van der Waals surface area contributed by atoms with Crippen LogP contribution in [-0.2, 0) is 26.2 Å². The molecule has 0 spiro atoms. The molecule has 0 aliphatic heterocycles. The Morgan fingerprint density at radius 1 is 1.21 bits per heavy atom. The average Bonchev–Trinajstić information content (AvgIpc) is 2.78. The normalized spacial score (nSPS) is 12.1. The Hall–Kier alpha value is -2.30. The Morgan fingerprint density at radius 3 is 2.47 bits per heavy atom. The minimum Gasteiger partial charge on any atom is -0.495 e. The van der Waals surface area contributed by atoms with Crippen molar-refractivity contribution < 1.29 is 22.7 Å². The maximum atomic E-state index is 13.1. The average molecular weight is 575 g/mol. The fraction of sp³-hybridized carbons (Fsp3) is 0.391. The second-order valence-electron chi connectivity index (χ2n) is 7.70. The van der Waals surface area contributed by atoms with Gasteiger partial charge in [-0.2, -0.15) is 0 Å². The zero-order chi connectivity index (χ0) is 25.5. The number of likely N-dealkylation sites (N-methyl/N-ethyl adjacent to an activating group) is 1. The summed E-state index contributed by atoms with van der Waals surface area (Å²) >= 11 is 9.59. The molecular weight excluding hydrogens is 546 g/mol. The van der Waals surface area contributed by atoms with Crippen LogP contribution in [0.3, 0.4) is 0 Å². The van der Waals surface area contributed by atoms with Gasteiger partial charge in [-0.3, -0.25) is 13.9 Å². The van der Waals surface area contributed by atoms with Crippen LogP contribution in [0.25, 0.3) is 0 Å². The third kappa shape index (κ3) is 7.61. The molecule has 2 aromatic rings. The van der Waals surface area contributed by atoms with Crippen molar-refractivity contribution in [2.45, 2.75) is 32.4 Å². The summed E-state index contributed by atoms with van der Waals surface area (Å²) in [6, 6.07) is 11.5. The monoisotopic (exact) mass is 573 g/mol. The number of nitrogens with zero attached hydrogens (tertiary/aromatic N) is 2. The van der Waals surface area contributed by atoms with Crippen molar-refractivity contribution in [3.05, 3.63) is 57.5 Å². The van der Waals surface area contributed by atoms with E-state index in [9.17, 15) is 18.0 Å². The van der Waals surface area contributed by atoms with Crippen molar-refractivity contribution in [2.24, 2.45) is 0 Å². The fourth-order valence-corrected chi connectivity index (χ4v) is 5.09. The highest BCUT2D eigenvalue weighted by Gasteiger charge is 2.26. The van der Waals surface area contributed by atoms with E-state index in [1.165, 1.54) is 29.4 Å². The lowest BCUT2D eigenvalue weighted by Gasteiger charge is -2.29. The summed E-state index contributed by atoms with van der Waals surface area (Å²) < 4.78 is 32.0. The Bertz CT molecular complexity index is 1130. The maximum absolute atomic E-state index is 13.1. The molecule has 0 radical (unpaired) electrons. The first-order valence-electron chi connectivity index (χ1n) is 10.5. The molecule has 11 heteroatoms. The zero-order valence-electron chi connectivity index (χ0n) is 19.5. The van der Waals surface area contributed by atoms with E-state index >= 15 is 0 Å². The topological polar surface area (TPSA) is 96.0 Å². The molecule has 0 heterocycles. The first kappa shape index (κ1) is 27.9. The smallest absolute Gasteiger partial charge is 0.242 e. The molecule has 0 saturated heterocycles. The molecular formula is C23H29BrClN3O5S. The van der Waals surface area contributed by atoms with Crippen molar-refractivity contribution in [2.75, 3.05) is 31.3 Å². The maximum Gasteiger partial charge on any atom is 0.242 e. The molecule has 34 heavy (non-hydrogen) atoms. The predicted molar refractivity (Wildman–Crippen MR) is 138 cm³/mol. The zero-order valence-corrected chi connectivity index (χ0v) is 22.7. The van der Waals surface area contributed by atoms with Crippen LogP contribution in [0, 0.1) is 0 Å². The lowest BCUT2D eigenvalue weighted by atomic mass is 10.1. The summed E-state index contributed by atoms with van der Waals surface area (Å²) in [5.41, 5.74) is 1.24. The molecule has 0 aliphatic rings. The van der Waals surface area contributed by atoms with Gasteiger partial charge in [-0.25, -0.2) is 8.42 Å². The van der Waals surface area contributed by atoms with E-state index in [2.05, 4.69) is 21.2 Å². The summed E-state index contributed by atoms with van der Waals surface area (Å²) in [6.07, 6.45) is 1.41. The molecule has 0 aromatic heterocycles. The van der Waals surface area contributed by atoms with E-state index in [1.54, 1.807) is 19.1 Å². The number of methoxy groups -OCH3 is 1. The van der Waals surface area contributed by atoms with Crippen LogP contribution >= 0.6 is 27.5 Å². The molecule has 0 saturated carbocycles. The van der Waals surface area contributed by atoms with E-state index in [0.717, 1.165) is 16.3 Å². The van der Waals surface area contributed by atoms with Crippen LogP contribution < -0.4 is 14.4 Å². The van der Waals surface area contributed by atoms with Gasteiger partial charge < -0.3 is 15.0 Å². The van der Waals surface area contributed by atoms with E-state index < -0.39 is 16.1 Å². The van der Waals surface area contributed by atoms with Gasteiger partial charge in [-0.1, -0.05) is 39.7 Å². The quantitative estimate of drug-likeness (QED) is 0.440. The Balaban J connectivity index is 2.17. The number of anilines is 1. The minimum absolute atomic E-state index is 0.0608. The van der Waals surface area contributed by atoms with Crippen LogP contribution in [0.1, 0.15) is 25.3 Å². The van der Waals surface area contributed by atoms with Crippen LogP contribution in [0.2, 0.25) is 5.02 Å². The molecule has 2 aromatic carbocycles. The largest absolute Gasteiger partial charge is 0.495 e. The van der Waals surface area contributed by atoms with Gasteiger partial charge in [0.1, 0.15) is 11.8 Å². The number of halogens is 2. The van der Waals surface area contributed by atoms with Crippen LogP contribution in [-0.4, -0.2) is 58.1 Å². The number of hydrogen-bond acceptors (Lipinski definition) is 5. The van der Waals surface area contributed by atoms with Gasteiger partial charge in [0, 0.05) is 31.0 Å². The molecule has 0 aliphatic carbocycles. The molecule has 8 nitrogen and oxygen atoms in total. The molecule has 1 N–H and O–H groups in total. The number of nitrogens with one attached hydrogen (secondary N) is 1. The van der Waals surface area contributed by atoms with Crippen molar-refractivity contribution >= 4 is 55.1 Å². The highest BCUT2D eigenvalue weighted by Crippen LogP contribution is 2.30. The summed E-state index contributed by atoms with van der Waals surface area (Å²) in [5, 5.41) is 2.86. The van der Waals surface area contributed by atoms with E-state index in [-0.39, 0.29) is 42.8 Å². The number of amides is 2. The Morgan fingerprint density at radius 2 is 1.91 bits per heavy atom. The van der Waals surface area contributed by atoms with Gasteiger partial charge in [-0.15, -0.1) is 0 Å².